The molecule has 22 heavy (non-hydrogen) atoms. The lowest BCUT2D eigenvalue weighted by Gasteiger charge is -2.41. The topological polar surface area (TPSA) is 57.7 Å². The van der Waals surface area contributed by atoms with Gasteiger partial charge in [0, 0.05) is 26.7 Å². The maximum absolute atomic E-state index is 12.9. The average Bonchev–Trinajstić information content (AvgIpc) is 2.50. The molecule has 0 radical (unpaired) electrons. The second-order valence-corrected chi connectivity index (χ2v) is 5.96. The fourth-order valence-electron chi connectivity index (χ4n) is 3.24. The average molecular weight is 304 g/mol. The summed E-state index contributed by atoms with van der Waals surface area (Å²) in [5.41, 5.74) is 0.805. The number of nitrogens with zero attached hydrogens (tertiary/aromatic N) is 2. The van der Waals surface area contributed by atoms with Crippen molar-refractivity contribution in [1.82, 2.24) is 9.80 Å². The Kier molecular flexibility index (Phi) is 3.68. The molecular weight excluding hydrogens is 287 g/mol. The normalized spacial score (nSPS) is 25.5. The zero-order valence-electron chi connectivity index (χ0n) is 12.3. The highest BCUT2D eigenvalue weighted by atomic mass is 19.1. The van der Waals surface area contributed by atoms with Gasteiger partial charge in [-0.05, 0) is 30.0 Å². The molecule has 0 bridgehead atoms. The van der Waals surface area contributed by atoms with Crippen molar-refractivity contribution in [3.8, 4) is 0 Å². The lowest BCUT2D eigenvalue weighted by Crippen LogP contribution is -2.58. The summed E-state index contributed by atoms with van der Waals surface area (Å²) < 4.78 is 12.9. The molecule has 2 aliphatic rings. The molecule has 3 rings (SSSR count). The Balaban J connectivity index is 1.77. The minimum Gasteiger partial charge on any atom is -0.339 e. The van der Waals surface area contributed by atoms with Crippen molar-refractivity contribution < 1.29 is 18.8 Å². The van der Waals surface area contributed by atoms with E-state index in [0.717, 1.165) is 5.56 Å². The van der Waals surface area contributed by atoms with Crippen molar-refractivity contribution in [3.05, 3.63) is 35.6 Å². The number of likely N-dealkylation sites (tertiary alicyclic amines) is 2. The van der Waals surface area contributed by atoms with Gasteiger partial charge in [0.1, 0.15) is 11.7 Å². The molecule has 6 heteroatoms. The van der Waals surface area contributed by atoms with Crippen LogP contribution in [0.2, 0.25) is 0 Å². The van der Waals surface area contributed by atoms with E-state index in [4.69, 9.17) is 0 Å². The fraction of sp³-hybridized carbons (Fsp3) is 0.438. The summed E-state index contributed by atoms with van der Waals surface area (Å²) in [4.78, 5) is 39.5. The second kappa shape index (κ2) is 5.51. The largest absolute Gasteiger partial charge is 0.339 e. The van der Waals surface area contributed by atoms with Crippen molar-refractivity contribution >= 4 is 17.6 Å². The molecule has 2 saturated heterocycles. The summed E-state index contributed by atoms with van der Waals surface area (Å²) in [6.45, 7) is 1.33. The SMILES string of the molecule is CN1CC2CCN(Cc3ccc(F)cc3)C(=O)C2C(=O)C1=O. The minimum absolute atomic E-state index is 0.0906. The van der Waals surface area contributed by atoms with E-state index in [2.05, 4.69) is 0 Å². The summed E-state index contributed by atoms with van der Waals surface area (Å²) in [5, 5.41) is 0. The quantitative estimate of drug-likeness (QED) is 0.601. The lowest BCUT2D eigenvalue weighted by atomic mass is 9.78. The number of piperidine rings is 2. The number of fused-ring (bicyclic) bond motifs is 1. The molecule has 2 atom stereocenters. The van der Waals surface area contributed by atoms with Gasteiger partial charge < -0.3 is 9.80 Å². The molecular formula is C16H17FN2O3. The Morgan fingerprint density at radius 1 is 1.18 bits per heavy atom. The molecule has 2 fully saturated rings. The van der Waals surface area contributed by atoms with Crippen molar-refractivity contribution in [2.24, 2.45) is 11.8 Å². The van der Waals surface area contributed by atoms with Crippen molar-refractivity contribution in [2.75, 3.05) is 20.1 Å². The van der Waals surface area contributed by atoms with Gasteiger partial charge in [-0.25, -0.2) is 4.39 Å². The van der Waals surface area contributed by atoms with Crippen LogP contribution in [-0.2, 0) is 20.9 Å². The number of likely N-dealkylation sites (N-methyl/N-ethyl adjacent to an activating group) is 1. The summed E-state index contributed by atoms with van der Waals surface area (Å²) in [6, 6.07) is 5.93. The van der Waals surface area contributed by atoms with Crippen LogP contribution >= 0.6 is 0 Å². The van der Waals surface area contributed by atoms with Crippen LogP contribution in [0, 0.1) is 17.7 Å². The van der Waals surface area contributed by atoms with Crippen LogP contribution in [0.3, 0.4) is 0 Å². The molecule has 0 saturated carbocycles. The Morgan fingerprint density at radius 2 is 1.86 bits per heavy atom. The standard InChI is InChI=1S/C16H17FN2O3/c1-18-9-11-6-7-19(8-10-2-4-12(17)5-3-10)15(21)13(11)14(20)16(18)22/h2-5,11,13H,6-9H2,1H3. The molecule has 0 aromatic heterocycles. The first-order chi connectivity index (χ1) is 10.5. The molecule has 1 aromatic carbocycles. The van der Waals surface area contributed by atoms with E-state index in [-0.39, 0.29) is 17.6 Å². The van der Waals surface area contributed by atoms with Crippen LogP contribution in [0.4, 0.5) is 4.39 Å². The van der Waals surface area contributed by atoms with E-state index >= 15 is 0 Å². The number of rotatable bonds is 2. The first kappa shape index (κ1) is 14.7. The van der Waals surface area contributed by atoms with Gasteiger partial charge >= 0.3 is 0 Å². The summed E-state index contributed by atoms with van der Waals surface area (Å²) in [7, 11) is 1.59. The van der Waals surface area contributed by atoms with Crippen LogP contribution in [-0.4, -0.2) is 47.5 Å². The number of carbonyl (C=O) groups excluding carboxylic acids is 3. The van der Waals surface area contributed by atoms with E-state index in [9.17, 15) is 18.8 Å². The third-order valence-corrected chi connectivity index (χ3v) is 4.45. The van der Waals surface area contributed by atoms with Crippen molar-refractivity contribution in [1.29, 1.82) is 0 Å². The van der Waals surface area contributed by atoms with Crippen LogP contribution < -0.4 is 0 Å². The number of ketones is 1. The van der Waals surface area contributed by atoms with Crippen molar-refractivity contribution in [2.45, 2.75) is 13.0 Å². The molecule has 5 nitrogen and oxygen atoms in total. The molecule has 0 N–H and O–H groups in total. The van der Waals surface area contributed by atoms with Crippen LogP contribution in [0.1, 0.15) is 12.0 Å². The minimum atomic E-state index is -0.849. The maximum Gasteiger partial charge on any atom is 0.290 e. The van der Waals surface area contributed by atoms with Gasteiger partial charge in [0.2, 0.25) is 11.7 Å². The number of halogens is 1. The predicted octanol–water partition coefficient (Wildman–Crippen LogP) is 0.831. The number of hydrogen-bond acceptors (Lipinski definition) is 3. The summed E-state index contributed by atoms with van der Waals surface area (Å²) in [6.07, 6.45) is 0.695. The van der Waals surface area contributed by atoms with Gasteiger partial charge in [0.25, 0.3) is 5.91 Å². The second-order valence-electron chi connectivity index (χ2n) is 5.96. The maximum atomic E-state index is 12.9. The molecule has 2 aliphatic heterocycles. The Labute approximate surface area is 127 Å². The summed E-state index contributed by atoms with van der Waals surface area (Å²) >= 11 is 0. The number of hydrogen-bond donors (Lipinski definition) is 0. The number of amides is 2. The zero-order valence-corrected chi connectivity index (χ0v) is 12.3. The molecule has 116 valence electrons. The van der Waals surface area contributed by atoms with Gasteiger partial charge in [-0.1, -0.05) is 12.1 Å². The smallest absolute Gasteiger partial charge is 0.290 e. The number of benzene rings is 1. The van der Waals surface area contributed by atoms with E-state index < -0.39 is 17.6 Å². The van der Waals surface area contributed by atoms with Gasteiger partial charge in [0.05, 0.1) is 0 Å². The molecule has 2 heterocycles. The van der Waals surface area contributed by atoms with E-state index in [0.29, 0.717) is 26.1 Å². The highest BCUT2D eigenvalue weighted by Crippen LogP contribution is 2.31. The summed E-state index contributed by atoms with van der Waals surface area (Å²) in [5.74, 6) is -2.74. The zero-order chi connectivity index (χ0) is 15.9. The molecule has 0 spiro atoms. The number of carbonyl (C=O) groups is 3. The fourth-order valence-corrected chi connectivity index (χ4v) is 3.24. The Morgan fingerprint density at radius 3 is 2.55 bits per heavy atom. The van der Waals surface area contributed by atoms with E-state index in [1.165, 1.54) is 17.0 Å². The first-order valence-corrected chi connectivity index (χ1v) is 7.30. The molecule has 2 amide bonds. The van der Waals surface area contributed by atoms with Crippen LogP contribution in [0.25, 0.3) is 0 Å². The first-order valence-electron chi connectivity index (χ1n) is 7.30. The van der Waals surface area contributed by atoms with Gasteiger partial charge in [-0.15, -0.1) is 0 Å². The molecule has 2 unspecified atom stereocenters. The van der Waals surface area contributed by atoms with Crippen LogP contribution in [0.15, 0.2) is 24.3 Å². The van der Waals surface area contributed by atoms with E-state index in [1.807, 2.05) is 0 Å². The predicted molar refractivity (Wildman–Crippen MR) is 76.1 cm³/mol. The van der Waals surface area contributed by atoms with Gasteiger partial charge in [-0.3, -0.25) is 14.4 Å². The molecule has 1 aromatic rings. The van der Waals surface area contributed by atoms with Crippen LogP contribution in [0.5, 0.6) is 0 Å². The van der Waals surface area contributed by atoms with Gasteiger partial charge in [-0.2, -0.15) is 0 Å². The number of Topliss-reactive ketones (excluding diaryl/α,β-unsaturated/α-hetero) is 1. The highest BCUT2D eigenvalue weighted by molar-refractivity contribution is 6.41. The lowest BCUT2D eigenvalue weighted by molar-refractivity contribution is -0.161. The van der Waals surface area contributed by atoms with E-state index in [1.54, 1.807) is 24.1 Å². The molecule has 0 aliphatic carbocycles. The van der Waals surface area contributed by atoms with Crippen molar-refractivity contribution in [3.63, 3.8) is 0 Å². The third-order valence-electron chi connectivity index (χ3n) is 4.45. The van der Waals surface area contributed by atoms with Gasteiger partial charge in [0.15, 0.2) is 0 Å². The Hall–Kier alpha value is -2.24. The Bertz CT molecular complexity index is 629. The monoisotopic (exact) mass is 304 g/mol. The third kappa shape index (κ3) is 2.49. The highest BCUT2D eigenvalue weighted by Gasteiger charge is 2.48.